The number of nitrogens with one attached hydrogen (secondary N) is 1. The lowest BCUT2D eigenvalue weighted by molar-refractivity contribution is -0.113. The number of hydrogen-bond donors (Lipinski definition) is 1. The summed E-state index contributed by atoms with van der Waals surface area (Å²) in [6.45, 7) is 1.80. The van der Waals surface area contributed by atoms with Crippen LogP contribution >= 0.6 is 23.4 Å². The van der Waals surface area contributed by atoms with E-state index in [9.17, 15) is 9.18 Å². The highest BCUT2D eigenvalue weighted by atomic mass is 35.5. The van der Waals surface area contributed by atoms with E-state index in [4.69, 9.17) is 11.6 Å². The maximum Gasteiger partial charge on any atom is 0.234 e. The van der Waals surface area contributed by atoms with Gasteiger partial charge >= 0.3 is 0 Å². The van der Waals surface area contributed by atoms with Gasteiger partial charge in [-0.25, -0.2) is 4.39 Å². The SMILES string of the molecule is Cc1nnc(SCC(=O)Nc2ccccc2Cl)n1-c1ccc(F)cc1. The topological polar surface area (TPSA) is 59.8 Å². The van der Waals surface area contributed by atoms with Crippen molar-refractivity contribution in [1.29, 1.82) is 0 Å². The van der Waals surface area contributed by atoms with Crippen molar-refractivity contribution in [1.82, 2.24) is 14.8 Å². The van der Waals surface area contributed by atoms with E-state index in [0.29, 0.717) is 21.7 Å². The summed E-state index contributed by atoms with van der Waals surface area (Å²) in [5.74, 6) is 0.276. The quantitative estimate of drug-likeness (QED) is 0.681. The monoisotopic (exact) mass is 376 g/mol. The van der Waals surface area contributed by atoms with Crippen LogP contribution in [0.15, 0.2) is 53.7 Å². The second-order valence-corrected chi connectivity index (χ2v) is 6.51. The number of carbonyl (C=O) groups is 1. The van der Waals surface area contributed by atoms with Gasteiger partial charge < -0.3 is 5.32 Å². The van der Waals surface area contributed by atoms with E-state index < -0.39 is 0 Å². The van der Waals surface area contributed by atoms with Crippen LogP contribution in [0.5, 0.6) is 0 Å². The number of halogens is 2. The Morgan fingerprint density at radius 3 is 2.64 bits per heavy atom. The molecule has 5 nitrogen and oxygen atoms in total. The molecule has 25 heavy (non-hydrogen) atoms. The van der Waals surface area contributed by atoms with Crippen molar-refractivity contribution in [3.63, 3.8) is 0 Å². The zero-order valence-corrected chi connectivity index (χ0v) is 14.8. The van der Waals surface area contributed by atoms with Gasteiger partial charge in [0.25, 0.3) is 0 Å². The Bertz CT molecular complexity index is 898. The fourth-order valence-corrected chi connectivity index (χ4v) is 3.18. The van der Waals surface area contributed by atoms with Crippen LogP contribution < -0.4 is 5.32 Å². The van der Waals surface area contributed by atoms with Gasteiger partial charge in [0, 0.05) is 5.69 Å². The molecule has 2 aromatic carbocycles. The fourth-order valence-electron chi connectivity index (χ4n) is 2.20. The molecule has 0 radical (unpaired) electrons. The number of rotatable bonds is 5. The lowest BCUT2D eigenvalue weighted by atomic mass is 10.3. The molecule has 0 spiro atoms. The maximum atomic E-state index is 13.1. The molecule has 1 amide bonds. The number of aromatic nitrogens is 3. The molecule has 3 rings (SSSR count). The molecule has 0 aliphatic carbocycles. The van der Waals surface area contributed by atoms with Crippen LogP contribution in [0.2, 0.25) is 5.02 Å². The third-order valence-electron chi connectivity index (χ3n) is 3.36. The predicted molar refractivity (Wildman–Crippen MR) is 96.9 cm³/mol. The van der Waals surface area contributed by atoms with Crippen LogP contribution in [-0.4, -0.2) is 26.4 Å². The van der Waals surface area contributed by atoms with Crippen LogP contribution in [0.4, 0.5) is 10.1 Å². The normalized spacial score (nSPS) is 10.7. The molecular formula is C17H14ClFN4OS. The summed E-state index contributed by atoms with van der Waals surface area (Å²) in [5, 5.41) is 11.9. The fraction of sp³-hybridized carbons (Fsp3) is 0.118. The highest BCUT2D eigenvalue weighted by Crippen LogP contribution is 2.24. The minimum Gasteiger partial charge on any atom is -0.324 e. The van der Waals surface area contributed by atoms with E-state index in [-0.39, 0.29) is 17.5 Å². The second kappa shape index (κ2) is 7.67. The molecule has 1 heterocycles. The van der Waals surface area contributed by atoms with Crippen LogP contribution in [0.1, 0.15) is 5.82 Å². The van der Waals surface area contributed by atoms with Crippen LogP contribution in [0.25, 0.3) is 5.69 Å². The van der Waals surface area contributed by atoms with Gasteiger partial charge in [-0.15, -0.1) is 10.2 Å². The van der Waals surface area contributed by atoms with Gasteiger partial charge in [-0.05, 0) is 43.3 Å². The lowest BCUT2D eigenvalue weighted by Crippen LogP contribution is -2.14. The molecule has 0 atom stereocenters. The van der Waals surface area contributed by atoms with Crippen molar-refractivity contribution in [3.8, 4) is 5.69 Å². The molecule has 0 aliphatic rings. The molecule has 0 saturated heterocycles. The van der Waals surface area contributed by atoms with Gasteiger partial charge in [0.2, 0.25) is 5.91 Å². The van der Waals surface area contributed by atoms with Gasteiger partial charge in [0.1, 0.15) is 11.6 Å². The third-order valence-corrected chi connectivity index (χ3v) is 4.62. The summed E-state index contributed by atoms with van der Waals surface area (Å²) in [4.78, 5) is 12.1. The molecule has 1 aromatic heterocycles. The summed E-state index contributed by atoms with van der Waals surface area (Å²) in [5.41, 5.74) is 1.30. The van der Waals surface area contributed by atoms with Gasteiger partial charge in [-0.1, -0.05) is 35.5 Å². The zero-order valence-electron chi connectivity index (χ0n) is 13.2. The Balaban J connectivity index is 1.71. The molecule has 8 heteroatoms. The number of para-hydroxylation sites is 1. The predicted octanol–water partition coefficient (Wildman–Crippen LogP) is 4.10. The van der Waals surface area contributed by atoms with Crippen molar-refractivity contribution in [2.75, 3.05) is 11.1 Å². The first-order chi connectivity index (χ1) is 12.0. The standard InChI is InChI=1S/C17H14ClFN4OS/c1-11-21-22-17(23(11)13-8-6-12(19)7-9-13)25-10-16(24)20-15-5-3-2-4-14(15)18/h2-9H,10H2,1H3,(H,20,24). The summed E-state index contributed by atoms with van der Waals surface area (Å²) in [6, 6.07) is 13.0. The van der Waals surface area contributed by atoms with Gasteiger partial charge in [-0.3, -0.25) is 9.36 Å². The molecule has 1 N–H and O–H groups in total. The Labute approximate surface area is 153 Å². The van der Waals surface area contributed by atoms with Crippen molar-refractivity contribution in [2.45, 2.75) is 12.1 Å². The van der Waals surface area contributed by atoms with Crippen LogP contribution in [0.3, 0.4) is 0 Å². The Kier molecular flexibility index (Phi) is 5.35. The number of amides is 1. The number of hydrogen-bond acceptors (Lipinski definition) is 4. The zero-order chi connectivity index (χ0) is 17.8. The maximum absolute atomic E-state index is 13.1. The number of anilines is 1. The van der Waals surface area contributed by atoms with Gasteiger partial charge in [-0.2, -0.15) is 0 Å². The van der Waals surface area contributed by atoms with Crippen LogP contribution in [-0.2, 0) is 4.79 Å². The number of thioether (sulfide) groups is 1. The first-order valence-corrected chi connectivity index (χ1v) is 8.76. The first-order valence-electron chi connectivity index (χ1n) is 7.40. The van der Waals surface area contributed by atoms with E-state index in [0.717, 1.165) is 5.69 Å². The average molecular weight is 377 g/mol. The van der Waals surface area contributed by atoms with Gasteiger partial charge in [0.15, 0.2) is 5.16 Å². The molecule has 128 valence electrons. The van der Waals surface area contributed by atoms with Crippen molar-refractivity contribution in [3.05, 3.63) is 65.2 Å². The summed E-state index contributed by atoms with van der Waals surface area (Å²) < 4.78 is 14.9. The lowest BCUT2D eigenvalue weighted by Gasteiger charge is -2.09. The van der Waals surface area contributed by atoms with Crippen molar-refractivity contribution >= 4 is 35.0 Å². The Hall–Kier alpha value is -2.38. The highest BCUT2D eigenvalue weighted by Gasteiger charge is 2.14. The largest absolute Gasteiger partial charge is 0.324 e. The van der Waals surface area contributed by atoms with E-state index in [1.807, 2.05) is 0 Å². The Morgan fingerprint density at radius 1 is 1.20 bits per heavy atom. The van der Waals surface area contributed by atoms with Crippen molar-refractivity contribution < 1.29 is 9.18 Å². The molecule has 0 aliphatic heterocycles. The summed E-state index contributed by atoms with van der Waals surface area (Å²) in [6.07, 6.45) is 0. The molecule has 0 unspecified atom stereocenters. The number of carbonyl (C=O) groups excluding carboxylic acids is 1. The minimum atomic E-state index is -0.317. The second-order valence-electron chi connectivity index (χ2n) is 5.16. The average Bonchev–Trinajstić information content (AvgIpc) is 2.97. The number of nitrogens with zero attached hydrogens (tertiary/aromatic N) is 3. The summed E-state index contributed by atoms with van der Waals surface area (Å²) in [7, 11) is 0. The van der Waals surface area contributed by atoms with E-state index in [1.54, 1.807) is 47.9 Å². The molecule has 0 saturated carbocycles. The highest BCUT2D eigenvalue weighted by molar-refractivity contribution is 7.99. The molecule has 0 fully saturated rings. The molecule has 3 aromatic rings. The number of benzene rings is 2. The van der Waals surface area contributed by atoms with E-state index >= 15 is 0 Å². The van der Waals surface area contributed by atoms with Crippen LogP contribution in [0, 0.1) is 12.7 Å². The third kappa shape index (κ3) is 4.18. The molecular weight excluding hydrogens is 363 g/mol. The Morgan fingerprint density at radius 2 is 1.92 bits per heavy atom. The number of aryl methyl sites for hydroxylation is 1. The smallest absolute Gasteiger partial charge is 0.234 e. The summed E-state index contributed by atoms with van der Waals surface area (Å²) >= 11 is 7.27. The van der Waals surface area contributed by atoms with Crippen molar-refractivity contribution in [2.24, 2.45) is 0 Å². The molecule has 0 bridgehead atoms. The van der Waals surface area contributed by atoms with E-state index in [2.05, 4.69) is 15.5 Å². The minimum absolute atomic E-state index is 0.143. The van der Waals surface area contributed by atoms with E-state index in [1.165, 1.54) is 23.9 Å². The first kappa shape index (κ1) is 17.4. The van der Waals surface area contributed by atoms with Gasteiger partial charge in [0.05, 0.1) is 16.5 Å².